The molecule has 1 N–H and O–H groups in total. The van der Waals surface area contributed by atoms with Gasteiger partial charge < -0.3 is 5.11 Å². The van der Waals surface area contributed by atoms with E-state index in [0.29, 0.717) is 17.9 Å². The minimum Gasteiger partial charge on any atom is -0.396 e. The molecule has 2 aliphatic rings. The van der Waals surface area contributed by atoms with Crippen LogP contribution in [0.4, 0.5) is 0 Å². The van der Waals surface area contributed by atoms with Crippen LogP contribution in [-0.2, 0) is 0 Å². The molecule has 0 heterocycles. The molecule has 2 rings (SSSR count). The van der Waals surface area contributed by atoms with Gasteiger partial charge in [-0.2, -0.15) is 0 Å². The Kier molecular flexibility index (Phi) is 4.46. The summed E-state index contributed by atoms with van der Waals surface area (Å²) in [6.45, 7) is 14.5. The largest absolute Gasteiger partial charge is 0.396 e. The Morgan fingerprint density at radius 1 is 1.29 bits per heavy atom. The van der Waals surface area contributed by atoms with Crippen LogP contribution >= 0.6 is 0 Å². The second-order valence-electron chi connectivity index (χ2n) is 8.60. The molecule has 3 atom stereocenters. The highest BCUT2D eigenvalue weighted by atomic mass is 16.3. The standard InChI is InChI=1S/C20H34O/c1-15(2)9-7-12-19(5)17(14-21)13-16-10-8-11-18(3,4)20(16,19)6/h9-10,17,21H,7-8,11-14H2,1-6H3. The van der Waals surface area contributed by atoms with E-state index in [2.05, 4.69) is 53.7 Å². The Hall–Kier alpha value is -0.560. The molecule has 0 spiro atoms. The van der Waals surface area contributed by atoms with Gasteiger partial charge in [0.1, 0.15) is 0 Å². The van der Waals surface area contributed by atoms with Crippen LogP contribution in [0.5, 0.6) is 0 Å². The van der Waals surface area contributed by atoms with Crippen molar-refractivity contribution in [2.75, 3.05) is 6.61 Å². The summed E-state index contributed by atoms with van der Waals surface area (Å²) in [5.74, 6) is 0.414. The zero-order valence-corrected chi connectivity index (χ0v) is 14.9. The van der Waals surface area contributed by atoms with Gasteiger partial charge in [0.15, 0.2) is 0 Å². The summed E-state index contributed by atoms with van der Waals surface area (Å²) in [6.07, 6.45) is 10.7. The summed E-state index contributed by atoms with van der Waals surface area (Å²) in [4.78, 5) is 0. The van der Waals surface area contributed by atoms with E-state index in [1.807, 2.05) is 0 Å². The third kappa shape index (κ3) is 2.42. The van der Waals surface area contributed by atoms with Crippen LogP contribution < -0.4 is 0 Å². The van der Waals surface area contributed by atoms with Crippen LogP contribution in [0.15, 0.2) is 23.3 Å². The fraction of sp³-hybridized carbons (Fsp3) is 0.800. The second-order valence-corrected chi connectivity index (χ2v) is 8.60. The van der Waals surface area contributed by atoms with Crippen molar-refractivity contribution in [1.29, 1.82) is 0 Å². The molecule has 120 valence electrons. The molecule has 1 fully saturated rings. The fourth-order valence-corrected chi connectivity index (χ4v) is 5.20. The summed E-state index contributed by atoms with van der Waals surface area (Å²) in [5.41, 5.74) is 3.77. The summed E-state index contributed by atoms with van der Waals surface area (Å²) < 4.78 is 0. The molecule has 0 aromatic rings. The van der Waals surface area contributed by atoms with Crippen molar-refractivity contribution in [2.45, 2.75) is 73.6 Å². The number of hydrogen-bond acceptors (Lipinski definition) is 1. The quantitative estimate of drug-likeness (QED) is 0.677. The molecule has 1 heteroatoms. The third-order valence-electron chi connectivity index (χ3n) is 7.10. The van der Waals surface area contributed by atoms with E-state index in [0.717, 1.165) is 12.8 Å². The Morgan fingerprint density at radius 2 is 1.95 bits per heavy atom. The zero-order valence-electron chi connectivity index (χ0n) is 14.9. The Morgan fingerprint density at radius 3 is 2.52 bits per heavy atom. The molecule has 3 unspecified atom stereocenters. The highest BCUT2D eigenvalue weighted by Crippen LogP contribution is 2.70. The van der Waals surface area contributed by atoms with E-state index in [-0.39, 0.29) is 10.8 Å². The Balaban J connectivity index is 2.41. The number of allylic oxidation sites excluding steroid dienone is 4. The predicted octanol–water partition coefficient (Wildman–Crippen LogP) is 5.50. The van der Waals surface area contributed by atoms with Gasteiger partial charge in [-0.1, -0.05) is 51.0 Å². The fourth-order valence-electron chi connectivity index (χ4n) is 5.20. The van der Waals surface area contributed by atoms with Crippen molar-refractivity contribution >= 4 is 0 Å². The van der Waals surface area contributed by atoms with E-state index in [9.17, 15) is 5.11 Å². The Bertz CT molecular complexity index is 452. The van der Waals surface area contributed by atoms with E-state index in [4.69, 9.17) is 0 Å². The monoisotopic (exact) mass is 290 g/mol. The summed E-state index contributed by atoms with van der Waals surface area (Å²) in [6, 6.07) is 0. The van der Waals surface area contributed by atoms with Crippen LogP contribution in [0.25, 0.3) is 0 Å². The van der Waals surface area contributed by atoms with Gasteiger partial charge in [0, 0.05) is 6.61 Å². The van der Waals surface area contributed by atoms with E-state index >= 15 is 0 Å². The molecule has 21 heavy (non-hydrogen) atoms. The number of aliphatic hydroxyl groups is 1. The van der Waals surface area contributed by atoms with Crippen LogP contribution in [0.3, 0.4) is 0 Å². The SMILES string of the molecule is CC(C)=CCCC1(C)C(CO)CC2=CCCC(C)(C)C21C. The zero-order chi connectivity index (χ0) is 15.9. The van der Waals surface area contributed by atoms with Crippen LogP contribution in [0.1, 0.15) is 73.6 Å². The summed E-state index contributed by atoms with van der Waals surface area (Å²) >= 11 is 0. The number of rotatable bonds is 4. The molecular weight excluding hydrogens is 256 g/mol. The van der Waals surface area contributed by atoms with Gasteiger partial charge >= 0.3 is 0 Å². The third-order valence-corrected chi connectivity index (χ3v) is 7.10. The minimum atomic E-state index is 0.198. The maximum atomic E-state index is 10.00. The topological polar surface area (TPSA) is 20.2 Å². The second kappa shape index (κ2) is 5.57. The van der Waals surface area contributed by atoms with Crippen molar-refractivity contribution in [2.24, 2.45) is 22.2 Å². The molecule has 0 bridgehead atoms. The van der Waals surface area contributed by atoms with Gasteiger partial charge in [-0.15, -0.1) is 0 Å². The van der Waals surface area contributed by atoms with Gasteiger partial charge in [-0.25, -0.2) is 0 Å². The number of aliphatic hydroxyl groups excluding tert-OH is 1. The first-order chi connectivity index (χ1) is 9.69. The van der Waals surface area contributed by atoms with Gasteiger partial charge in [0.05, 0.1) is 0 Å². The van der Waals surface area contributed by atoms with Crippen molar-refractivity contribution < 1.29 is 5.11 Å². The average molecular weight is 290 g/mol. The van der Waals surface area contributed by atoms with E-state index in [1.54, 1.807) is 5.57 Å². The first kappa shape index (κ1) is 16.8. The van der Waals surface area contributed by atoms with Crippen molar-refractivity contribution in [1.82, 2.24) is 0 Å². The molecule has 0 amide bonds. The van der Waals surface area contributed by atoms with Crippen LogP contribution in [0, 0.1) is 22.2 Å². The maximum absolute atomic E-state index is 10.00. The highest BCUT2D eigenvalue weighted by molar-refractivity contribution is 5.32. The lowest BCUT2D eigenvalue weighted by Crippen LogP contribution is -2.49. The lowest BCUT2D eigenvalue weighted by Gasteiger charge is -2.56. The van der Waals surface area contributed by atoms with Crippen molar-refractivity contribution in [3.63, 3.8) is 0 Å². The highest BCUT2D eigenvalue weighted by Gasteiger charge is 2.62. The molecular formula is C20H34O. The predicted molar refractivity (Wildman–Crippen MR) is 91.2 cm³/mol. The summed E-state index contributed by atoms with van der Waals surface area (Å²) in [5, 5.41) is 10.00. The average Bonchev–Trinajstić information content (AvgIpc) is 2.61. The lowest BCUT2D eigenvalue weighted by molar-refractivity contribution is -0.0446. The number of hydrogen-bond donors (Lipinski definition) is 1. The van der Waals surface area contributed by atoms with Crippen molar-refractivity contribution in [3.05, 3.63) is 23.3 Å². The molecule has 1 nitrogen and oxygen atoms in total. The first-order valence-electron chi connectivity index (χ1n) is 8.63. The molecule has 0 aliphatic heterocycles. The maximum Gasteiger partial charge on any atom is 0.0467 e. The molecule has 0 saturated heterocycles. The van der Waals surface area contributed by atoms with Crippen LogP contribution in [0.2, 0.25) is 0 Å². The normalized spacial score (nSPS) is 37.9. The van der Waals surface area contributed by atoms with Gasteiger partial charge in [-0.3, -0.25) is 0 Å². The van der Waals surface area contributed by atoms with Gasteiger partial charge in [0.25, 0.3) is 0 Å². The number of fused-ring (bicyclic) bond motifs is 1. The van der Waals surface area contributed by atoms with Crippen molar-refractivity contribution in [3.8, 4) is 0 Å². The first-order valence-corrected chi connectivity index (χ1v) is 8.63. The molecule has 1 saturated carbocycles. The minimum absolute atomic E-state index is 0.198. The molecule has 2 aliphatic carbocycles. The summed E-state index contributed by atoms with van der Waals surface area (Å²) in [7, 11) is 0. The molecule has 0 aromatic heterocycles. The smallest absolute Gasteiger partial charge is 0.0467 e. The lowest BCUT2D eigenvalue weighted by atomic mass is 9.48. The van der Waals surface area contributed by atoms with Gasteiger partial charge in [0.2, 0.25) is 0 Å². The van der Waals surface area contributed by atoms with Crippen LogP contribution in [-0.4, -0.2) is 11.7 Å². The molecule has 0 aromatic carbocycles. The molecule has 0 radical (unpaired) electrons. The van der Waals surface area contributed by atoms with E-state index < -0.39 is 0 Å². The van der Waals surface area contributed by atoms with Gasteiger partial charge in [-0.05, 0) is 68.1 Å². The Labute approximate surface area is 131 Å². The van der Waals surface area contributed by atoms with E-state index in [1.165, 1.54) is 24.8 Å².